The number of hydrogen-bond acceptors (Lipinski definition) is 1. The lowest BCUT2D eigenvalue weighted by atomic mass is 9.49. The van der Waals surface area contributed by atoms with E-state index in [1.165, 1.54) is 57.8 Å². The van der Waals surface area contributed by atoms with Crippen LogP contribution < -0.4 is 5.73 Å². The van der Waals surface area contributed by atoms with Crippen molar-refractivity contribution in [2.24, 2.45) is 57.1 Å². The van der Waals surface area contributed by atoms with Crippen LogP contribution in [0.4, 0.5) is 0 Å². The molecule has 3 nitrogen and oxygen atoms in total. The number of nitrogens with one attached hydrogen (secondary N) is 1. The molecule has 6 fully saturated rings. The van der Waals surface area contributed by atoms with Gasteiger partial charge < -0.3 is 5.73 Å². The molecule has 6 aliphatic rings. The van der Waals surface area contributed by atoms with Gasteiger partial charge in [0.1, 0.15) is 11.7 Å². The highest BCUT2D eigenvalue weighted by molar-refractivity contribution is 6.00. The summed E-state index contributed by atoms with van der Waals surface area (Å²) in [6, 6.07) is 0. The Labute approximate surface area is 159 Å². The van der Waals surface area contributed by atoms with Crippen LogP contribution in [0.15, 0.2) is 4.99 Å². The second-order valence-electron chi connectivity index (χ2n) is 11.6. The Hall–Kier alpha value is -0.860. The van der Waals surface area contributed by atoms with Crippen LogP contribution >= 0.6 is 0 Å². The van der Waals surface area contributed by atoms with Gasteiger partial charge in [-0.25, -0.2) is 4.99 Å². The van der Waals surface area contributed by atoms with E-state index in [9.17, 15) is 0 Å². The molecule has 6 bridgehead atoms. The Bertz CT molecular complexity index is 580. The predicted octanol–water partition coefficient (Wildman–Crippen LogP) is 5.39. The van der Waals surface area contributed by atoms with Gasteiger partial charge in [0, 0.05) is 10.8 Å². The molecule has 3 N–H and O–H groups in total. The Morgan fingerprint density at radius 2 is 1.23 bits per heavy atom. The third-order valence-corrected chi connectivity index (χ3v) is 9.00. The van der Waals surface area contributed by atoms with E-state index in [2.05, 4.69) is 13.8 Å². The molecule has 6 aliphatic carbocycles. The molecule has 0 spiro atoms. The second-order valence-corrected chi connectivity index (χ2v) is 11.6. The van der Waals surface area contributed by atoms with Gasteiger partial charge in [-0.1, -0.05) is 13.8 Å². The summed E-state index contributed by atoms with van der Waals surface area (Å²) in [7, 11) is 0. The van der Waals surface area contributed by atoms with Crippen molar-refractivity contribution < 1.29 is 0 Å². The number of aliphatic imine (C=N–C) groups is 1. The smallest absolute Gasteiger partial charge is 0.128 e. The van der Waals surface area contributed by atoms with Gasteiger partial charge in [-0.15, -0.1) is 0 Å². The predicted molar refractivity (Wildman–Crippen MR) is 107 cm³/mol. The molecule has 0 aromatic rings. The van der Waals surface area contributed by atoms with Crippen molar-refractivity contribution in [1.82, 2.24) is 0 Å². The zero-order valence-electron chi connectivity index (χ0n) is 16.8. The third kappa shape index (κ3) is 2.76. The summed E-state index contributed by atoms with van der Waals surface area (Å²) in [5.74, 6) is 6.58. The monoisotopic (exact) mass is 355 g/mol. The maximum Gasteiger partial charge on any atom is 0.128 e. The minimum absolute atomic E-state index is 0.0410. The van der Waals surface area contributed by atoms with Crippen molar-refractivity contribution in [3.8, 4) is 0 Å². The SMILES string of the molecule is CC1CC2CC(C1)CC(C)(C(=N)/N=C(\N)C13CC4CC(CC(C4)C1)C3)C2. The Morgan fingerprint density at radius 1 is 0.808 bits per heavy atom. The van der Waals surface area contributed by atoms with E-state index in [1.54, 1.807) is 0 Å². The molecule has 0 aromatic heterocycles. The largest absolute Gasteiger partial charge is 0.387 e. The Kier molecular flexibility index (Phi) is 3.86. The fraction of sp³-hybridized carbons (Fsp3) is 0.913. The lowest BCUT2D eigenvalue weighted by Crippen LogP contribution is -2.53. The van der Waals surface area contributed by atoms with Crippen molar-refractivity contribution in [1.29, 1.82) is 5.41 Å². The molecule has 0 saturated heterocycles. The van der Waals surface area contributed by atoms with E-state index in [4.69, 9.17) is 16.1 Å². The van der Waals surface area contributed by atoms with Crippen LogP contribution in [0, 0.1) is 51.7 Å². The van der Waals surface area contributed by atoms with E-state index in [1.807, 2.05) is 0 Å². The number of fused-ring (bicyclic) bond motifs is 2. The first-order chi connectivity index (χ1) is 12.3. The lowest BCUT2D eigenvalue weighted by molar-refractivity contribution is -0.0129. The summed E-state index contributed by atoms with van der Waals surface area (Å²) in [6.07, 6.45) is 14.5. The quantitative estimate of drug-likeness (QED) is 0.506. The average molecular weight is 356 g/mol. The molecule has 144 valence electrons. The molecule has 0 aliphatic heterocycles. The summed E-state index contributed by atoms with van der Waals surface area (Å²) >= 11 is 0. The van der Waals surface area contributed by atoms with Crippen molar-refractivity contribution in [2.75, 3.05) is 0 Å². The number of hydrogen-bond donors (Lipinski definition) is 2. The number of nitrogens with zero attached hydrogens (tertiary/aromatic N) is 1. The summed E-state index contributed by atoms with van der Waals surface area (Å²) in [5, 5.41) is 8.88. The van der Waals surface area contributed by atoms with Gasteiger partial charge in [0.05, 0.1) is 0 Å². The average Bonchev–Trinajstić information content (AvgIpc) is 2.52. The molecule has 6 saturated carbocycles. The topological polar surface area (TPSA) is 62.2 Å². The first-order valence-corrected chi connectivity index (χ1v) is 11.3. The molecule has 26 heavy (non-hydrogen) atoms. The van der Waals surface area contributed by atoms with Crippen LogP contribution in [0.3, 0.4) is 0 Å². The molecule has 2 atom stereocenters. The highest BCUT2D eigenvalue weighted by Gasteiger charge is 2.53. The fourth-order valence-electron chi connectivity index (χ4n) is 8.58. The highest BCUT2D eigenvalue weighted by atomic mass is 15.0. The Balaban J connectivity index is 1.36. The van der Waals surface area contributed by atoms with E-state index < -0.39 is 0 Å². The third-order valence-electron chi connectivity index (χ3n) is 9.00. The normalized spacial score (nSPS) is 52.9. The van der Waals surface area contributed by atoms with Gasteiger partial charge in [0.2, 0.25) is 0 Å². The van der Waals surface area contributed by atoms with Gasteiger partial charge in [0.15, 0.2) is 0 Å². The molecule has 0 aromatic carbocycles. The van der Waals surface area contributed by atoms with Crippen LogP contribution in [0.1, 0.15) is 84.5 Å². The highest BCUT2D eigenvalue weighted by Crippen LogP contribution is 2.60. The van der Waals surface area contributed by atoms with Gasteiger partial charge in [-0.2, -0.15) is 0 Å². The number of rotatable bonds is 2. The molecule has 0 heterocycles. The molecule has 2 unspecified atom stereocenters. The van der Waals surface area contributed by atoms with Crippen molar-refractivity contribution >= 4 is 11.7 Å². The summed E-state index contributed by atoms with van der Waals surface area (Å²) in [4.78, 5) is 4.89. The van der Waals surface area contributed by atoms with E-state index >= 15 is 0 Å². The van der Waals surface area contributed by atoms with Crippen LogP contribution in [0.2, 0.25) is 0 Å². The summed E-state index contributed by atoms with van der Waals surface area (Å²) in [6.45, 7) is 4.72. The van der Waals surface area contributed by atoms with Crippen LogP contribution in [-0.2, 0) is 0 Å². The summed E-state index contributed by atoms with van der Waals surface area (Å²) < 4.78 is 0. The molecular weight excluding hydrogens is 318 g/mol. The van der Waals surface area contributed by atoms with Crippen LogP contribution in [-0.4, -0.2) is 11.7 Å². The molecule has 6 rings (SSSR count). The molecule has 3 heteroatoms. The standard InChI is InChI=1S/C23H37N3/c1-14-3-15-5-16(4-14)10-22(2,9-15)20(24)26-21(25)23-11-17-6-18(12-23)8-19(7-17)13-23/h14-19H,3-13H2,1-2H3,(H3,24,25,26). The Morgan fingerprint density at radius 3 is 1.69 bits per heavy atom. The molecular formula is C23H37N3. The minimum atomic E-state index is -0.0410. The molecule has 0 radical (unpaired) electrons. The zero-order valence-corrected chi connectivity index (χ0v) is 16.8. The van der Waals surface area contributed by atoms with Gasteiger partial charge in [-0.3, -0.25) is 5.41 Å². The zero-order chi connectivity index (χ0) is 18.1. The number of amidine groups is 2. The van der Waals surface area contributed by atoms with Crippen molar-refractivity contribution in [3.05, 3.63) is 0 Å². The van der Waals surface area contributed by atoms with E-state index in [0.717, 1.165) is 54.2 Å². The maximum atomic E-state index is 8.88. The van der Waals surface area contributed by atoms with Crippen molar-refractivity contribution in [3.63, 3.8) is 0 Å². The fourth-order valence-corrected chi connectivity index (χ4v) is 8.58. The van der Waals surface area contributed by atoms with Gasteiger partial charge in [0.25, 0.3) is 0 Å². The first-order valence-electron chi connectivity index (χ1n) is 11.3. The van der Waals surface area contributed by atoms with Gasteiger partial charge in [-0.05, 0) is 106 Å². The number of nitrogens with two attached hydrogens (primary N) is 1. The van der Waals surface area contributed by atoms with Crippen LogP contribution in [0.5, 0.6) is 0 Å². The van der Waals surface area contributed by atoms with Crippen LogP contribution in [0.25, 0.3) is 0 Å². The lowest BCUT2D eigenvalue weighted by Gasteiger charge is -2.56. The summed E-state index contributed by atoms with van der Waals surface area (Å²) in [5.41, 5.74) is 6.79. The first kappa shape index (κ1) is 17.3. The minimum Gasteiger partial charge on any atom is -0.387 e. The van der Waals surface area contributed by atoms with E-state index in [-0.39, 0.29) is 10.8 Å². The van der Waals surface area contributed by atoms with E-state index in [0.29, 0.717) is 5.84 Å². The second kappa shape index (κ2) is 5.82. The van der Waals surface area contributed by atoms with Crippen molar-refractivity contribution in [2.45, 2.75) is 84.5 Å². The van der Waals surface area contributed by atoms with Gasteiger partial charge >= 0.3 is 0 Å². The maximum absolute atomic E-state index is 8.88. The molecule has 0 amide bonds.